The third-order valence-corrected chi connectivity index (χ3v) is 4.33. The topological polar surface area (TPSA) is 27.7 Å². The average molecular weight is 326 g/mol. The van der Waals surface area contributed by atoms with E-state index in [0.29, 0.717) is 6.61 Å². The smallest absolute Gasteiger partial charge is 0.158 e. The highest BCUT2D eigenvalue weighted by molar-refractivity contribution is 5.35. The maximum atomic E-state index is 6.22. The van der Waals surface area contributed by atoms with Gasteiger partial charge < -0.3 is 14.2 Å². The lowest BCUT2D eigenvalue weighted by molar-refractivity contribution is -0.190. The van der Waals surface area contributed by atoms with E-state index >= 15 is 0 Å². The maximum absolute atomic E-state index is 6.22. The zero-order chi connectivity index (χ0) is 16.6. The van der Waals surface area contributed by atoms with E-state index in [9.17, 15) is 0 Å². The zero-order valence-electron chi connectivity index (χ0n) is 14.3. The summed E-state index contributed by atoms with van der Waals surface area (Å²) in [6.45, 7) is 3.50. The molecule has 0 aromatic heterocycles. The van der Waals surface area contributed by atoms with Gasteiger partial charge in [0.25, 0.3) is 0 Å². The van der Waals surface area contributed by atoms with Crippen LogP contribution in [0.2, 0.25) is 0 Å². The van der Waals surface area contributed by atoms with Crippen LogP contribution in [0.3, 0.4) is 0 Å². The Labute approximate surface area is 144 Å². The van der Waals surface area contributed by atoms with Crippen LogP contribution in [0.25, 0.3) is 0 Å². The molecule has 0 N–H and O–H groups in total. The van der Waals surface area contributed by atoms with E-state index in [1.807, 2.05) is 36.4 Å². The van der Waals surface area contributed by atoms with Gasteiger partial charge in [0, 0.05) is 12.2 Å². The van der Waals surface area contributed by atoms with Crippen LogP contribution in [0.5, 0.6) is 5.75 Å². The molecule has 0 radical (unpaired) electrons. The quantitative estimate of drug-likeness (QED) is 0.694. The zero-order valence-corrected chi connectivity index (χ0v) is 14.3. The second-order valence-corrected chi connectivity index (χ2v) is 6.14. The standard InChI is InChI=1S/C21H26O3/c1-2-19(24-21-14-8-9-15-22-21)18-12-6-7-13-20(18)23-16-17-10-4-3-5-11-17/h3-7,10-13,19,21H,2,8-9,14-16H2,1H3. The summed E-state index contributed by atoms with van der Waals surface area (Å²) in [6, 6.07) is 18.4. The summed E-state index contributed by atoms with van der Waals surface area (Å²) in [4.78, 5) is 0. The Morgan fingerprint density at radius 1 is 1.04 bits per heavy atom. The maximum Gasteiger partial charge on any atom is 0.158 e. The van der Waals surface area contributed by atoms with E-state index in [-0.39, 0.29) is 12.4 Å². The molecule has 0 saturated carbocycles. The fraction of sp³-hybridized carbons (Fsp3) is 0.429. The van der Waals surface area contributed by atoms with Crippen molar-refractivity contribution in [1.29, 1.82) is 0 Å². The largest absolute Gasteiger partial charge is 0.489 e. The van der Waals surface area contributed by atoms with Crippen LogP contribution < -0.4 is 4.74 Å². The van der Waals surface area contributed by atoms with Crippen LogP contribution >= 0.6 is 0 Å². The molecule has 2 aromatic carbocycles. The van der Waals surface area contributed by atoms with Gasteiger partial charge in [-0.3, -0.25) is 0 Å². The van der Waals surface area contributed by atoms with Gasteiger partial charge in [-0.1, -0.05) is 55.5 Å². The Bertz CT molecular complexity index is 605. The molecular weight excluding hydrogens is 300 g/mol. The van der Waals surface area contributed by atoms with Gasteiger partial charge in [0.05, 0.1) is 6.10 Å². The van der Waals surface area contributed by atoms with Gasteiger partial charge in [-0.05, 0) is 37.3 Å². The van der Waals surface area contributed by atoms with Crippen molar-refractivity contribution in [3.8, 4) is 5.75 Å². The highest BCUT2D eigenvalue weighted by Crippen LogP contribution is 2.33. The second-order valence-electron chi connectivity index (χ2n) is 6.14. The van der Waals surface area contributed by atoms with Crippen LogP contribution in [0.15, 0.2) is 54.6 Å². The van der Waals surface area contributed by atoms with Crippen LogP contribution in [0.1, 0.15) is 49.8 Å². The molecule has 1 aliphatic heterocycles. The van der Waals surface area contributed by atoms with Crippen LogP contribution in [0.4, 0.5) is 0 Å². The average Bonchev–Trinajstić information content (AvgIpc) is 2.66. The molecule has 1 aliphatic rings. The monoisotopic (exact) mass is 326 g/mol. The van der Waals surface area contributed by atoms with Crippen molar-refractivity contribution in [2.45, 2.75) is 51.6 Å². The minimum atomic E-state index is -0.0918. The van der Waals surface area contributed by atoms with Crippen LogP contribution in [-0.2, 0) is 16.1 Å². The molecule has 3 heteroatoms. The fourth-order valence-electron chi connectivity index (χ4n) is 3.00. The number of para-hydroxylation sites is 1. The molecular formula is C21H26O3. The van der Waals surface area contributed by atoms with Crippen molar-refractivity contribution in [2.75, 3.05) is 6.61 Å². The van der Waals surface area contributed by atoms with E-state index in [2.05, 4.69) is 25.1 Å². The van der Waals surface area contributed by atoms with Crippen molar-refractivity contribution in [1.82, 2.24) is 0 Å². The third kappa shape index (κ3) is 4.59. The van der Waals surface area contributed by atoms with E-state index < -0.39 is 0 Å². The number of hydrogen-bond donors (Lipinski definition) is 0. The van der Waals surface area contributed by atoms with Crippen LogP contribution in [0, 0.1) is 0 Å². The number of benzene rings is 2. The summed E-state index contributed by atoms with van der Waals surface area (Å²) in [7, 11) is 0. The fourth-order valence-corrected chi connectivity index (χ4v) is 3.00. The van der Waals surface area contributed by atoms with Gasteiger partial charge in [0.1, 0.15) is 12.4 Å². The molecule has 2 aromatic rings. The van der Waals surface area contributed by atoms with E-state index in [4.69, 9.17) is 14.2 Å². The number of ether oxygens (including phenoxy) is 3. The first-order valence-electron chi connectivity index (χ1n) is 8.89. The number of rotatable bonds is 7. The van der Waals surface area contributed by atoms with Crippen molar-refractivity contribution < 1.29 is 14.2 Å². The lowest BCUT2D eigenvalue weighted by Gasteiger charge is -2.28. The summed E-state index contributed by atoms with van der Waals surface area (Å²) in [5, 5.41) is 0. The first-order chi connectivity index (χ1) is 11.9. The predicted octanol–water partition coefficient (Wildman–Crippen LogP) is 5.26. The third-order valence-electron chi connectivity index (χ3n) is 4.33. The van der Waals surface area contributed by atoms with Crippen molar-refractivity contribution in [3.05, 3.63) is 65.7 Å². The normalized spacial score (nSPS) is 19.0. The molecule has 3 nitrogen and oxygen atoms in total. The highest BCUT2D eigenvalue weighted by atomic mass is 16.7. The molecule has 0 aliphatic carbocycles. The molecule has 3 rings (SSSR count). The van der Waals surface area contributed by atoms with Crippen molar-refractivity contribution >= 4 is 0 Å². The Balaban J connectivity index is 1.69. The molecule has 1 heterocycles. The van der Waals surface area contributed by atoms with E-state index in [0.717, 1.165) is 42.7 Å². The van der Waals surface area contributed by atoms with Gasteiger partial charge in [-0.2, -0.15) is 0 Å². The first-order valence-corrected chi connectivity index (χ1v) is 8.89. The lowest BCUT2D eigenvalue weighted by Crippen LogP contribution is -2.24. The van der Waals surface area contributed by atoms with Gasteiger partial charge in [0.15, 0.2) is 6.29 Å². The molecule has 1 saturated heterocycles. The van der Waals surface area contributed by atoms with Crippen LogP contribution in [-0.4, -0.2) is 12.9 Å². The summed E-state index contributed by atoms with van der Waals surface area (Å²) < 4.78 is 18.0. The minimum absolute atomic E-state index is 0.0000679. The SMILES string of the molecule is CCC(OC1CCCCO1)c1ccccc1OCc1ccccc1. The van der Waals surface area contributed by atoms with Gasteiger partial charge in [-0.25, -0.2) is 0 Å². The molecule has 0 bridgehead atoms. The first kappa shape index (κ1) is 17.0. The molecule has 128 valence electrons. The Hall–Kier alpha value is -1.84. The molecule has 0 amide bonds. The van der Waals surface area contributed by atoms with Crippen molar-refractivity contribution in [3.63, 3.8) is 0 Å². The number of hydrogen-bond acceptors (Lipinski definition) is 3. The Kier molecular flexibility index (Phi) is 6.27. The molecule has 1 fully saturated rings. The van der Waals surface area contributed by atoms with Gasteiger partial charge in [0.2, 0.25) is 0 Å². The lowest BCUT2D eigenvalue weighted by atomic mass is 10.1. The van der Waals surface area contributed by atoms with E-state index in [1.54, 1.807) is 0 Å². The Morgan fingerprint density at radius 2 is 1.83 bits per heavy atom. The Morgan fingerprint density at radius 3 is 2.58 bits per heavy atom. The molecule has 2 atom stereocenters. The summed E-state index contributed by atoms with van der Waals surface area (Å²) in [6.07, 6.45) is 4.08. The summed E-state index contributed by atoms with van der Waals surface area (Å²) in [5.41, 5.74) is 2.27. The predicted molar refractivity (Wildman–Crippen MR) is 94.9 cm³/mol. The summed E-state index contributed by atoms with van der Waals surface area (Å²) >= 11 is 0. The summed E-state index contributed by atoms with van der Waals surface area (Å²) in [5.74, 6) is 0.893. The highest BCUT2D eigenvalue weighted by Gasteiger charge is 2.22. The van der Waals surface area contributed by atoms with E-state index in [1.165, 1.54) is 6.42 Å². The van der Waals surface area contributed by atoms with Gasteiger partial charge in [-0.15, -0.1) is 0 Å². The molecule has 0 spiro atoms. The second kappa shape index (κ2) is 8.86. The molecule has 24 heavy (non-hydrogen) atoms. The minimum Gasteiger partial charge on any atom is -0.489 e. The van der Waals surface area contributed by atoms with Gasteiger partial charge >= 0.3 is 0 Å². The van der Waals surface area contributed by atoms with Crippen molar-refractivity contribution in [2.24, 2.45) is 0 Å². The molecule has 2 unspecified atom stereocenters.